The Balaban J connectivity index is 2.10. The van der Waals surface area contributed by atoms with E-state index in [1.165, 1.54) is 6.08 Å². The van der Waals surface area contributed by atoms with Gasteiger partial charge in [0.2, 0.25) is 5.91 Å². The summed E-state index contributed by atoms with van der Waals surface area (Å²) in [7, 11) is 3.14. The molecule has 0 aliphatic carbocycles. The van der Waals surface area contributed by atoms with Crippen LogP contribution in [-0.2, 0) is 4.79 Å². The van der Waals surface area contributed by atoms with Crippen LogP contribution in [0.2, 0.25) is 0 Å². The highest BCUT2D eigenvalue weighted by Gasteiger charge is 2.07. The van der Waals surface area contributed by atoms with Gasteiger partial charge in [0.25, 0.3) is 0 Å². The average Bonchev–Trinajstić information content (AvgIpc) is 2.65. The zero-order valence-corrected chi connectivity index (χ0v) is 15.2. The molecular formula is C21H23NO4. The fraction of sp³-hybridized carbons (Fsp3) is 0.190. The number of aryl methyl sites for hydroxylation is 1. The molecular weight excluding hydrogens is 330 g/mol. The number of hydrogen-bond acceptors (Lipinski definition) is 4. The van der Waals surface area contributed by atoms with Crippen molar-refractivity contribution < 1.29 is 19.0 Å². The molecule has 5 heteroatoms. The number of amides is 1. The molecule has 0 heterocycles. The van der Waals surface area contributed by atoms with E-state index in [1.807, 2.05) is 31.2 Å². The maximum atomic E-state index is 12.2. The fourth-order valence-electron chi connectivity index (χ4n) is 2.32. The number of carbonyl (C=O) groups is 1. The second-order valence-electron chi connectivity index (χ2n) is 5.54. The predicted molar refractivity (Wildman–Crippen MR) is 104 cm³/mol. The van der Waals surface area contributed by atoms with E-state index in [-0.39, 0.29) is 5.91 Å². The topological polar surface area (TPSA) is 56.8 Å². The van der Waals surface area contributed by atoms with E-state index >= 15 is 0 Å². The summed E-state index contributed by atoms with van der Waals surface area (Å²) < 4.78 is 16.1. The number of rotatable bonds is 8. The molecule has 0 aromatic heterocycles. The van der Waals surface area contributed by atoms with Gasteiger partial charge in [-0.1, -0.05) is 24.8 Å². The molecule has 1 N–H and O–H groups in total. The van der Waals surface area contributed by atoms with E-state index in [2.05, 4.69) is 11.9 Å². The minimum Gasteiger partial charge on any atom is -0.495 e. The summed E-state index contributed by atoms with van der Waals surface area (Å²) in [5.41, 5.74) is 2.48. The SMILES string of the molecule is C=CCOc1ccc(/C=C/C(=O)Nc2cc(C)ccc2OC)cc1OC. The van der Waals surface area contributed by atoms with Crippen molar-refractivity contribution in [3.63, 3.8) is 0 Å². The maximum absolute atomic E-state index is 12.2. The van der Waals surface area contributed by atoms with Crippen molar-refractivity contribution in [1.29, 1.82) is 0 Å². The normalized spacial score (nSPS) is 10.4. The molecule has 0 saturated heterocycles. The second-order valence-corrected chi connectivity index (χ2v) is 5.54. The van der Waals surface area contributed by atoms with Crippen LogP contribution in [0.5, 0.6) is 17.2 Å². The van der Waals surface area contributed by atoms with E-state index < -0.39 is 0 Å². The van der Waals surface area contributed by atoms with Crippen LogP contribution in [-0.4, -0.2) is 26.7 Å². The lowest BCUT2D eigenvalue weighted by atomic mass is 10.1. The van der Waals surface area contributed by atoms with E-state index in [0.717, 1.165) is 11.1 Å². The quantitative estimate of drug-likeness (QED) is 0.570. The molecule has 0 bridgehead atoms. The number of hydrogen-bond donors (Lipinski definition) is 1. The molecule has 2 rings (SSSR count). The Morgan fingerprint density at radius 2 is 1.81 bits per heavy atom. The molecule has 0 saturated carbocycles. The summed E-state index contributed by atoms with van der Waals surface area (Å²) in [6.07, 6.45) is 4.83. The van der Waals surface area contributed by atoms with Crippen molar-refractivity contribution in [2.45, 2.75) is 6.92 Å². The summed E-state index contributed by atoms with van der Waals surface area (Å²) in [6.45, 7) is 5.97. The predicted octanol–water partition coefficient (Wildman–Crippen LogP) is 4.23. The van der Waals surface area contributed by atoms with E-state index in [9.17, 15) is 4.79 Å². The van der Waals surface area contributed by atoms with Crippen molar-refractivity contribution in [3.05, 3.63) is 66.3 Å². The van der Waals surface area contributed by atoms with Gasteiger partial charge in [0.05, 0.1) is 19.9 Å². The van der Waals surface area contributed by atoms with Gasteiger partial charge in [-0.05, 0) is 48.4 Å². The lowest BCUT2D eigenvalue weighted by Gasteiger charge is -2.10. The molecule has 0 fully saturated rings. The zero-order chi connectivity index (χ0) is 18.9. The van der Waals surface area contributed by atoms with E-state index in [4.69, 9.17) is 14.2 Å². The lowest BCUT2D eigenvalue weighted by molar-refractivity contribution is -0.111. The number of ether oxygens (including phenoxy) is 3. The molecule has 136 valence electrons. The third-order valence-corrected chi connectivity index (χ3v) is 3.58. The molecule has 0 spiro atoms. The first-order valence-electron chi connectivity index (χ1n) is 8.12. The van der Waals surface area contributed by atoms with E-state index in [0.29, 0.717) is 29.5 Å². The summed E-state index contributed by atoms with van der Waals surface area (Å²) in [5, 5.41) is 2.82. The van der Waals surface area contributed by atoms with Crippen LogP contribution < -0.4 is 19.5 Å². The molecule has 2 aromatic carbocycles. The van der Waals surface area contributed by atoms with Crippen molar-refractivity contribution in [3.8, 4) is 17.2 Å². The molecule has 1 amide bonds. The highest BCUT2D eigenvalue weighted by atomic mass is 16.5. The Hall–Kier alpha value is -3.21. The fourth-order valence-corrected chi connectivity index (χ4v) is 2.32. The van der Waals surface area contributed by atoms with Crippen LogP contribution in [0.25, 0.3) is 6.08 Å². The first-order chi connectivity index (χ1) is 12.6. The maximum Gasteiger partial charge on any atom is 0.248 e. The number of carbonyl (C=O) groups excluding carboxylic acids is 1. The number of anilines is 1. The highest BCUT2D eigenvalue weighted by Crippen LogP contribution is 2.29. The highest BCUT2D eigenvalue weighted by molar-refractivity contribution is 6.02. The lowest BCUT2D eigenvalue weighted by Crippen LogP contribution is -2.09. The summed E-state index contributed by atoms with van der Waals surface area (Å²) in [4.78, 5) is 12.2. The minimum absolute atomic E-state index is 0.250. The molecule has 0 radical (unpaired) electrons. The standard InChI is InChI=1S/C21H23NO4/c1-5-12-26-19-10-7-16(14-20(19)25-4)8-11-21(23)22-17-13-15(2)6-9-18(17)24-3/h5-11,13-14H,1,12H2,2-4H3,(H,22,23)/b11-8+. The monoisotopic (exact) mass is 353 g/mol. The van der Waals surface area contributed by atoms with Gasteiger partial charge in [0.15, 0.2) is 11.5 Å². The van der Waals surface area contributed by atoms with Gasteiger partial charge in [-0.15, -0.1) is 0 Å². The molecule has 5 nitrogen and oxygen atoms in total. The molecule has 0 unspecified atom stereocenters. The Bertz CT molecular complexity index is 812. The Morgan fingerprint density at radius 1 is 1.08 bits per heavy atom. The Morgan fingerprint density at radius 3 is 2.50 bits per heavy atom. The number of benzene rings is 2. The molecule has 0 atom stereocenters. The average molecular weight is 353 g/mol. The number of methoxy groups -OCH3 is 2. The van der Waals surface area contributed by atoms with Crippen LogP contribution in [0.4, 0.5) is 5.69 Å². The van der Waals surface area contributed by atoms with Crippen molar-refractivity contribution in [2.24, 2.45) is 0 Å². The van der Waals surface area contributed by atoms with Gasteiger partial charge in [0, 0.05) is 6.08 Å². The van der Waals surface area contributed by atoms with Gasteiger partial charge >= 0.3 is 0 Å². The largest absolute Gasteiger partial charge is 0.495 e. The summed E-state index contributed by atoms with van der Waals surface area (Å²) >= 11 is 0. The summed E-state index contributed by atoms with van der Waals surface area (Å²) in [5.74, 6) is 1.58. The number of nitrogens with one attached hydrogen (secondary N) is 1. The smallest absolute Gasteiger partial charge is 0.248 e. The van der Waals surface area contributed by atoms with Crippen LogP contribution in [0, 0.1) is 6.92 Å². The van der Waals surface area contributed by atoms with Gasteiger partial charge < -0.3 is 19.5 Å². The second kappa shape index (κ2) is 9.32. The Kier molecular flexibility index (Phi) is 6.85. The third kappa shape index (κ3) is 5.14. The zero-order valence-electron chi connectivity index (χ0n) is 15.2. The molecule has 2 aromatic rings. The van der Waals surface area contributed by atoms with Gasteiger partial charge in [-0.25, -0.2) is 0 Å². The third-order valence-electron chi connectivity index (χ3n) is 3.58. The van der Waals surface area contributed by atoms with Gasteiger partial charge in [0.1, 0.15) is 12.4 Å². The minimum atomic E-state index is -0.250. The van der Waals surface area contributed by atoms with Crippen LogP contribution >= 0.6 is 0 Å². The summed E-state index contributed by atoms with van der Waals surface area (Å²) in [6, 6.07) is 11.0. The van der Waals surface area contributed by atoms with Crippen LogP contribution in [0.3, 0.4) is 0 Å². The first kappa shape index (κ1) is 19.1. The van der Waals surface area contributed by atoms with Crippen LogP contribution in [0.15, 0.2) is 55.1 Å². The van der Waals surface area contributed by atoms with Crippen molar-refractivity contribution in [1.82, 2.24) is 0 Å². The van der Waals surface area contributed by atoms with Gasteiger partial charge in [-0.2, -0.15) is 0 Å². The van der Waals surface area contributed by atoms with Crippen LogP contribution in [0.1, 0.15) is 11.1 Å². The molecule has 26 heavy (non-hydrogen) atoms. The van der Waals surface area contributed by atoms with Gasteiger partial charge in [-0.3, -0.25) is 4.79 Å². The Labute approximate surface area is 153 Å². The van der Waals surface area contributed by atoms with Crippen molar-refractivity contribution in [2.75, 3.05) is 26.1 Å². The first-order valence-corrected chi connectivity index (χ1v) is 8.12. The molecule has 0 aliphatic rings. The van der Waals surface area contributed by atoms with Crippen molar-refractivity contribution >= 4 is 17.7 Å². The molecule has 0 aliphatic heterocycles. The van der Waals surface area contributed by atoms with E-state index in [1.54, 1.807) is 38.5 Å².